The second kappa shape index (κ2) is 5.88. The fourth-order valence-corrected chi connectivity index (χ4v) is 2.09. The van der Waals surface area contributed by atoms with E-state index in [4.69, 9.17) is 11.5 Å². The number of nitro benzene ring substituents is 1. The molecule has 0 atom stereocenters. The Morgan fingerprint density at radius 3 is 2.81 bits per heavy atom. The van der Waals surface area contributed by atoms with Crippen molar-refractivity contribution in [2.45, 2.75) is 0 Å². The van der Waals surface area contributed by atoms with Crippen LogP contribution in [0, 0.1) is 22.5 Å². The van der Waals surface area contributed by atoms with Crippen LogP contribution in [0.4, 0.5) is 11.4 Å². The molecule has 1 N–H and O–H groups in total. The van der Waals surface area contributed by atoms with Crippen LogP contribution >= 0.6 is 0 Å². The number of benzene rings is 1. The molecule has 2 aromatic rings. The molecule has 0 bridgehead atoms. The van der Waals surface area contributed by atoms with E-state index in [-0.39, 0.29) is 18.8 Å². The maximum absolute atomic E-state index is 11.0. The standard InChI is InChI=1S/C14H11N3O4/c1-2-7-16(9-14(18)19)12-3-4-13(17(20)21)11-8-15-6-5-10(11)12/h1,3-6,8H,7,9H2,(H,18,19). The first-order valence-electron chi connectivity index (χ1n) is 5.96. The van der Waals surface area contributed by atoms with E-state index >= 15 is 0 Å². The first-order valence-corrected chi connectivity index (χ1v) is 5.96. The van der Waals surface area contributed by atoms with Crippen molar-refractivity contribution in [1.29, 1.82) is 0 Å². The number of non-ortho nitro benzene ring substituents is 1. The van der Waals surface area contributed by atoms with E-state index in [1.807, 2.05) is 0 Å². The molecule has 0 amide bonds. The highest BCUT2D eigenvalue weighted by molar-refractivity contribution is 6.00. The lowest BCUT2D eigenvalue weighted by Crippen LogP contribution is -2.30. The average molecular weight is 285 g/mol. The van der Waals surface area contributed by atoms with E-state index in [0.29, 0.717) is 16.5 Å². The van der Waals surface area contributed by atoms with Gasteiger partial charge in [-0.25, -0.2) is 0 Å². The lowest BCUT2D eigenvalue weighted by Gasteiger charge is -2.21. The van der Waals surface area contributed by atoms with Crippen molar-refractivity contribution < 1.29 is 14.8 Å². The van der Waals surface area contributed by atoms with Crippen LogP contribution in [0.15, 0.2) is 30.6 Å². The third kappa shape index (κ3) is 2.90. The minimum absolute atomic E-state index is 0.0849. The van der Waals surface area contributed by atoms with Crippen LogP contribution in [-0.2, 0) is 4.79 Å². The van der Waals surface area contributed by atoms with E-state index in [0.717, 1.165) is 0 Å². The van der Waals surface area contributed by atoms with Crippen LogP contribution in [0.3, 0.4) is 0 Å². The molecule has 0 saturated heterocycles. The van der Waals surface area contributed by atoms with Crippen LogP contribution in [0.2, 0.25) is 0 Å². The van der Waals surface area contributed by atoms with Crippen LogP contribution in [-0.4, -0.2) is 34.1 Å². The smallest absolute Gasteiger partial charge is 0.323 e. The van der Waals surface area contributed by atoms with E-state index in [1.54, 1.807) is 6.07 Å². The number of aliphatic carboxylic acids is 1. The van der Waals surface area contributed by atoms with Crippen molar-refractivity contribution in [2.24, 2.45) is 0 Å². The van der Waals surface area contributed by atoms with Gasteiger partial charge in [0.1, 0.15) is 6.54 Å². The number of nitrogens with zero attached hydrogens (tertiary/aromatic N) is 3. The zero-order chi connectivity index (χ0) is 15.4. The molecule has 106 valence electrons. The van der Waals surface area contributed by atoms with Crippen LogP contribution in [0.1, 0.15) is 0 Å². The van der Waals surface area contributed by atoms with Gasteiger partial charge in [-0.15, -0.1) is 6.42 Å². The highest BCUT2D eigenvalue weighted by atomic mass is 16.6. The number of nitro groups is 1. The van der Waals surface area contributed by atoms with Gasteiger partial charge in [-0.3, -0.25) is 19.9 Å². The number of carboxylic acid groups (broad SMARTS) is 1. The van der Waals surface area contributed by atoms with Crippen LogP contribution < -0.4 is 4.90 Å². The van der Waals surface area contributed by atoms with E-state index in [1.165, 1.54) is 29.4 Å². The molecule has 0 spiro atoms. The van der Waals surface area contributed by atoms with Gasteiger partial charge >= 0.3 is 5.97 Å². The summed E-state index contributed by atoms with van der Waals surface area (Å²) in [5.41, 5.74) is 0.441. The monoisotopic (exact) mass is 285 g/mol. The lowest BCUT2D eigenvalue weighted by atomic mass is 10.1. The second-order valence-corrected chi connectivity index (χ2v) is 4.24. The summed E-state index contributed by atoms with van der Waals surface area (Å²) in [4.78, 5) is 26.8. The van der Waals surface area contributed by atoms with Gasteiger partial charge in [-0.2, -0.15) is 0 Å². The Kier molecular flexibility index (Phi) is 4.00. The summed E-state index contributed by atoms with van der Waals surface area (Å²) < 4.78 is 0. The number of pyridine rings is 1. The number of terminal acetylenes is 1. The molecule has 2 rings (SSSR count). The first kappa shape index (κ1) is 14.3. The van der Waals surface area contributed by atoms with Gasteiger partial charge in [0.05, 0.1) is 16.9 Å². The number of hydrogen-bond donors (Lipinski definition) is 1. The van der Waals surface area contributed by atoms with E-state index in [2.05, 4.69) is 10.9 Å². The highest BCUT2D eigenvalue weighted by Gasteiger charge is 2.18. The number of fused-ring (bicyclic) bond motifs is 1. The van der Waals surface area contributed by atoms with Gasteiger partial charge in [0.25, 0.3) is 5.69 Å². The van der Waals surface area contributed by atoms with Gasteiger partial charge < -0.3 is 10.0 Å². The molecule has 0 aliphatic rings. The highest BCUT2D eigenvalue weighted by Crippen LogP contribution is 2.32. The van der Waals surface area contributed by atoms with Crippen LogP contribution in [0.5, 0.6) is 0 Å². The topological polar surface area (TPSA) is 96.6 Å². The maximum Gasteiger partial charge on any atom is 0.323 e. The van der Waals surface area contributed by atoms with Gasteiger partial charge in [0.15, 0.2) is 0 Å². The van der Waals surface area contributed by atoms with E-state index in [9.17, 15) is 14.9 Å². The first-order chi connectivity index (χ1) is 10.0. The van der Waals surface area contributed by atoms with Crippen molar-refractivity contribution in [3.8, 4) is 12.3 Å². The fourth-order valence-electron chi connectivity index (χ4n) is 2.09. The Balaban J connectivity index is 2.64. The molecular formula is C14H11N3O4. The van der Waals surface area contributed by atoms with Crippen molar-refractivity contribution in [3.05, 3.63) is 40.7 Å². The summed E-state index contributed by atoms with van der Waals surface area (Å²) in [5, 5.41) is 20.9. The number of aromatic nitrogens is 1. The summed E-state index contributed by atoms with van der Waals surface area (Å²) in [6.07, 6.45) is 8.13. The summed E-state index contributed by atoms with van der Waals surface area (Å²) >= 11 is 0. The quantitative estimate of drug-likeness (QED) is 0.510. The molecule has 7 nitrogen and oxygen atoms in total. The minimum atomic E-state index is -1.04. The zero-order valence-electron chi connectivity index (χ0n) is 10.9. The Morgan fingerprint density at radius 2 is 2.19 bits per heavy atom. The summed E-state index contributed by atoms with van der Waals surface area (Å²) in [5.74, 6) is 1.35. The maximum atomic E-state index is 11.0. The summed E-state index contributed by atoms with van der Waals surface area (Å²) in [7, 11) is 0. The number of carbonyl (C=O) groups is 1. The third-order valence-electron chi connectivity index (χ3n) is 2.92. The lowest BCUT2D eigenvalue weighted by molar-refractivity contribution is -0.383. The molecule has 7 heteroatoms. The minimum Gasteiger partial charge on any atom is -0.480 e. The van der Waals surface area contributed by atoms with Crippen molar-refractivity contribution in [1.82, 2.24) is 4.98 Å². The summed E-state index contributed by atoms with van der Waals surface area (Å²) in [6.45, 7) is -0.207. The van der Waals surface area contributed by atoms with Crippen molar-refractivity contribution in [3.63, 3.8) is 0 Å². The van der Waals surface area contributed by atoms with Gasteiger partial charge in [0.2, 0.25) is 0 Å². The Bertz CT molecular complexity index is 751. The molecule has 0 aliphatic carbocycles. The summed E-state index contributed by atoms with van der Waals surface area (Å²) in [6, 6.07) is 4.43. The Morgan fingerprint density at radius 1 is 1.43 bits per heavy atom. The van der Waals surface area contributed by atoms with Crippen LogP contribution in [0.25, 0.3) is 10.8 Å². The van der Waals surface area contributed by atoms with Gasteiger partial charge in [-0.05, 0) is 12.1 Å². The Hall–Kier alpha value is -3.14. The Labute approximate surface area is 120 Å². The molecule has 1 heterocycles. The number of carboxylic acids is 1. The number of rotatable bonds is 5. The molecule has 0 aliphatic heterocycles. The van der Waals surface area contributed by atoms with E-state index < -0.39 is 10.9 Å². The predicted molar refractivity (Wildman–Crippen MR) is 77.1 cm³/mol. The normalized spacial score (nSPS) is 10.0. The SMILES string of the molecule is C#CCN(CC(=O)O)c1ccc([N+](=O)[O-])c2cnccc12. The second-order valence-electron chi connectivity index (χ2n) is 4.24. The molecular weight excluding hydrogens is 274 g/mol. The largest absolute Gasteiger partial charge is 0.480 e. The average Bonchev–Trinajstić information content (AvgIpc) is 2.45. The van der Waals surface area contributed by atoms with Crippen molar-refractivity contribution in [2.75, 3.05) is 18.0 Å². The van der Waals surface area contributed by atoms with Gasteiger partial charge in [-0.1, -0.05) is 5.92 Å². The van der Waals surface area contributed by atoms with Gasteiger partial charge in [0, 0.05) is 29.5 Å². The molecule has 1 aromatic heterocycles. The molecule has 1 aromatic carbocycles. The molecule has 0 radical (unpaired) electrons. The number of anilines is 1. The zero-order valence-corrected chi connectivity index (χ0v) is 10.9. The third-order valence-corrected chi connectivity index (χ3v) is 2.92. The molecule has 0 unspecified atom stereocenters. The molecule has 0 fully saturated rings. The predicted octanol–water partition coefficient (Wildman–Crippen LogP) is 1.67. The number of hydrogen-bond acceptors (Lipinski definition) is 5. The fraction of sp³-hybridized carbons (Fsp3) is 0.143. The molecule has 0 saturated carbocycles. The van der Waals surface area contributed by atoms with Crippen molar-refractivity contribution >= 4 is 28.1 Å². The molecule has 21 heavy (non-hydrogen) atoms.